The van der Waals surface area contributed by atoms with E-state index in [0.717, 1.165) is 12.8 Å². The summed E-state index contributed by atoms with van der Waals surface area (Å²) < 4.78 is 0. The van der Waals surface area contributed by atoms with Crippen LogP contribution in [-0.4, -0.2) is 71.2 Å². The van der Waals surface area contributed by atoms with E-state index in [-0.39, 0.29) is 35.7 Å². The second-order valence-corrected chi connectivity index (χ2v) is 9.06. The van der Waals surface area contributed by atoms with Crippen molar-refractivity contribution in [2.45, 2.75) is 77.8 Å². The van der Waals surface area contributed by atoms with Crippen LogP contribution in [0.1, 0.15) is 53.4 Å². The number of carbonyl (C=O) groups is 4. The number of rotatable bonds is 2. The lowest BCUT2D eigenvalue weighted by atomic mass is 10.1. The van der Waals surface area contributed by atoms with Gasteiger partial charge in [-0.3, -0.25) is 9.59 Å². The highest BCUT2D eigenvalue weighted by Crippen LogP contribution is 2.21. The lowest BCUT2D eigenvalue weighted by Crippen LogP contribution is -2.63. The topological polar surface area (TPSA) is 123 Å². The molecule has 0 saturated carbocycles. The molecular formula is C20H34N6O4. The number of urea groups is 2. The summed E-state index contributed by atoms with van der Waals surface area (Å²) in [6, 6.07) is -1.93. The molecule has 3 aliphatic rings. The van der Waals surface area contributed by atoms with Crippen LogP contribution in [0.4, 0.5) is 9.59 Å². The minimum atomic E-state index is -0.603. The average molecular weight is 423 g/mol. The van der Waals surface area contributed by atoms with Crippen LogP contribution < -0.4 is 21.3 Å². The summed E-state index contributed by atoms with van der Waals surface area (Å²) in [5.74, 6) is -0.673. The Morgan fingerprint density at radius 2 is 1.03 bits per heavy atom. The minimum absolute atomic E-state index is 0.0605. The Hall–Kier alpha value is -2.52. The monoisotopic (exact) mass is 422 g/mol. The van der Waals surface area contributed by atoms with Gasteiger partial charge in [0.15, 0.2) is 0 Å². The van der Waals surface area contributed by atoms with Gasteiger partial charge in [-0.2, -0.15) is 0 Å². The second kappa shape index (κ2) is 9.09. The zero-order chi connectivity index (χ0) is 22.0. The molecule has 0 aliphatic carbocycles. The Labute approximate surface area is 177 Å². The Bertz CT molecular complexity index is 591. The normalized spacial score (nSPS) is 31.0. The Balaban J connectivity index is 1.91. The summed E-state index contributed by atoms with van der Waals surface area (Å²) in [5.41, 5.74) is 0. The van der Waals surface area contributed by atoms with Crippen molar-refractivity contribution in [2.24, 2.45) is 11.8 Å². The molecule has 30 heavy (non-hydrogen) atoms. The zero-order valence-corrected chi connectivity index (χ0v) is 18.2. The molecule has 4 N–H and O–H groups in total. The van der Waals surface area contributed by atoms with E-state index in [2.05, 4.69) is 21.3 Å². The van der Waals surface area contributed by atoms with Crippen LogP contribution in [0.5, 0.6) is 0 Å². The van der Waals surface area contributed by atoms with E-state index in [1.807, 2.05) is 27.7 Å². The lowest BCUT2D eigenvalue weighted by molar-refractivity contribution is -0.127. The smallest absolute Gasteiger partial charge is 0.319 e. The highest BCUT2D eigenvalue weighted by molar-refractivity contribution is 5.90. The van der Waals surface area contributed by atoms with E-state index in [4.69, 9.17) is 0 Å². The molecular weight excluding hydrogens is 388 g/mol. The van der Waals surface area contributed by atoms with Gasteiger partial charge >= 0.3 is 12.1 Å². The van der Waals surface area contributed by atoms with Gasteiger partial charge in [0, 0.05) is 13.1 Å². The third kappa shape index (κ3) is 4.62. The van der Waals surface area contributed by atoms with Gasteiger partial charge in [0.1, 0.15) is 24.4 Å². The van der Waals surface area contributed by atoms with Crippen molar-refractivity contribution < 1.29 is 19.2 Å². The number of fused-ring (bicyclic) bond motifs is 2. The molecule has 4 atom stereocenters. The van der Waals surface area contributed by atoms with Gasteiger partial charge in [-0.1, -0.05) is 27.7 Å². The highest BCUT2D eigenvalue weighted by atomic mass is 16.2. The minimum Gasteiger partial charge on any atom is -0.334 e. The summed E-state index contributed by atoms with van der Waals surface area (Å²) in [5, 5.41) is 11.5. The molecule has 3 heterocycles. The van der Waals surface area contributed by atoms with Gasteiger partial charge in [0.25, 0.3) is 0 Å². The quantitative estimate of drug-likeness (QED) is 0.519. The van der Waals surface area contributed by atoms with Gasteiger partial charge in [0.2, 0.25) is 11.8 Å². The van der Waals surface area contributed by atoms with Crippen molar-refractivity contribution in [3.05, 3.63) is 0 Å². The number of carbonyl (C=O) groups excluding carboxylic acids is 4. The van der Waals surface area contributed by atoms with E-state index in [1.165, 1.54) is 9.80 Å². The molecule has 0 bridgehead atoms. The molecule has 0 aromatic rings. The van der Waals surface area contributed by atoms with Crippen LogP contribution >= 0.6 is 0 Å². The van der Waals surface area contributed by atoms with Crippen molar-refractivity contribution in [2.75, 3.05) is 13.1 Å². The molecule has 3 fully saturated rings. The molecule has 6 amide bonds. The van der Waals surface area contributed by atoms with Crippen LogP contribution in [0, 0.1) is 11.8 Å². The van der Waals surface area contributed by atoms with Gasteiger partial charge in [0.05, 0.1) is 0 Å². The number of hydrogen-bond donors (Lipinski definition) is 4. The van der Waals surface area contributed by atoms with Gasteiger partial charge in [-0.15, -0.1) is 0 Å². The van der Waals surface area contributed by atoms with E-state index < -0.39 is 24.4 Å². The largest absolute Gasteiger partial charge is 0.334 e. The molecule has 3 rings (SSSR count). The molecule has 10 nitrogen and oxygen atoms in total. The number of nitrogens with zero attached hydrogens (tertiary/aromatic N) is 2. The standard InChI is InChI=1S/C20H34N6O4/c1-11(2)15-21-17(27)13-7-5-10-26(13)20(30)24-16(12(3)4)22-18(28)14-8-6-9-25(14)19(29)23-15/h11-16H,5-10H2,1-4H3,(H,21,27)(H,22,28)(H,23,29)(H,24,30)/t13-,14-,15+,16?/m0/s1. The second-order valence-electron chi connectivity index (χ2n) is 9.06. The van der Waals surface area contributed by atoms with Gasteiger partial charge < -0.3 is 31.1 Å². The first-order valence-corrected chi connectivity index (χ1v) is 10.9. The zero-order valence-electron chi connectivity index (χ0n) is 18.2. The SMILES string of the molecule is CC(C)C1NC(=O)[C@@H]2CCCN2C(=O)N[C@H](C(C)C)NC(=O)[C@@H]2CCCN2C(=O)N1. The van der Waals surface area contributed by atoms with E-state index in [0.29, 0.717) is 25.9 Å². The number of amides is 6. The first-order valence-electron chi connectivity index (χ1n) is 10.9. The fourth-order valence-electron chi connectivity index (χ4n) is 4.23. The van der Waals surface area contributed by atoms with Crippen molar-refractivity contribution in [1.82, 2.24) is 31.1 Å². The van der Waals surface area contributed by atoms with Crippen LogP contribution in [0.3, 0.4) is 0 Å². The maximum Gasteiger partial charge on any atom is 0.319 e. The maximum atomic E-state index is 13.0. The lowest BCUT2D eigenvalue weighted by Gasteiger charge is -2.34. The molecule has 10 heteroatoms. The summed E-state index contributed by atoms with van der Waals surface area (Å²) in [6.45, 7) is 8.53. The van der Waals surface area contributed by atoms with Gasteiger partial charge in [-0.25, -0.2) is 9.59 Å². The molecule has 0 radical (unpaired) electrons. The van der Waals surface area contributed by atoms with E-state index >= 15 is 0 Å². The molecule has 168 valence electrons. The molecule has 3 saturated heterocycles. The third-order valence-electron chi connectivity index (χ3n) is 6.12. The van der Waals surface area contributed by atoms with Crippen LogP contribution in [-0.2, 0) is 9.59 Å². The summed E-state index contributed by atoms with van der Waals surface area (Å²) in [6.07, 6.45) is 1.38. The average Bonchev–Trinajstić information content (AvgIpc) is 3.35. The molecule has 1 unspecified atom stereocenters. The summed E-state index contributed by atoms with van der Waals surface area (Å²) >= 11 is 0. The Morgan fingerprint density at radius 3 is 1.37 bits per heavy atom. The van der Waals surface area contributed by atoms with E-state index in [1.54, 1.807) is 0 Å². The van der Waals surface area contributed by atoms with Crippen molar-refractivity contribution >= 4 is 23.9 Å². The molecule has 0 aromatic carbocycles. The molecule has 0 aromatic heterocycles. The van der Waals surface area contributed by atoms with Crippen LogP contribution in [0.25, 0.3) is 0 Å². The predicted octanol–water partition coefficient (Wildman–Crippen LogP) is 0.545. The summed E-state index contributed by atoms with van der Waals surface area (Å²) in [7, 11) is 0. The van der Waals surface area contributed by atoms with Crippen molar-refractivity contribution in [3.63, 3.8) is 0 Å². The maximum absolute atomic E-state index is 13.0. The fourth-order valence-corrected chi connectivity index (χ4v) is 4.23. The van der Waals surface area contributed by atoms with Crippen molar-refractivity contribution in [1.29, 1.82) is 0 Å². The predicted molar refractivity (Wildman–Crippen MR) is 110 cm³/mol. The third-order valence-corrected chi connectivity index (χ3v) is 6.12. The highest BCUT2D eigenvalue weighted by Gasteiger charge is 2.40. The summed E-state index contributed by atoms with van der Waals surface area (Å²) in [4.78, 5) is 54.8. The molecule has 0 spiro atoms. The Kier molecular flexibility index (Phi) is 6.72. The van der Waals surface area contributed by atoms with Crippen LogP contribution in [0.2, 0.25) is 0 Å². The van der Waals surface area contributed by atoms with Crippen molar-refractivity contribution in [3.8, 4) is 0 Å². The van der Waals surface area contributed by atoms with E-state index in [9.17, 15) is 19.2 Å². The Morgan fingerprint density at radius 1 is 0.667 bits per heavy atom. The van der Waals surface area contributed by atoms with Crippen LogP contribution in [0.15, 0.2) is 0 Å². The fraction of sp³-hybridized carbons (Fsp3) is 0.800. The number of hydrogen-bond acceptors (Lipinski definition) is 4. The first kappa shape index (κ1) is 22.2. The van der Waals surface area contributed by atoms with Gasteiger partial charge in [-0.05, 0) is 37.5 Å². The number of nitrogens with one attached hydrogen (secondary N) is 4. The molecule has 3 aliphatic heterocycles. The first-order chi connectivity index (χ1) is 14.2.